The molecule has 0 saturated carbocycles. The van der Waals surface area contributed by atoms with Crippen molar-refractivity contribution in [1.82, 2.24) is 30.0 Å². The molecule has 4 heterocycles. The number of methoxy groups -OCH3 is 1. The van der Waals surface area contributed by atoms with Crippen LogP contribution in [0.25, 0.3) is 16.9 Å². The van der Waals surface area contributed by atoms with Gasteiger partial charge in [0, 0.05) is 49.6 Å². The van der Waals surface area contributed by atoms with E-state index in [1.807, 2.05) is 6.07 Å². The van der Waals surface area contributed by atoms with Crippen molar-refractivity contribution < 1.29 is 19.0 Å². The topological polar surface area (TPSA) is 107 Å². The average molecular weight is 412 g/mol. The molecule has 10 heteroatoms. The third-order valence-corrected chi connectivity index (χ3v) is 5.75. The number of benzene rings is 1. The Morgan fingerprint density at radius 2 is 2.07 bits per heavy atom. The first-order valence-corrected chi connectivity index (χ1v) is 9.73. The van der Waals surface area contributed by atoms with E-state index in [0.717, 1.165) is 5.69 Å². The molecule has 1 aromatic carbocycles. The number of imidazole rings is 1. The van der Waals surface area contributed by atoms with Gasteiger partial charge >= 0.3 is 6.01 Å². The van der Waals surface area contributed by atoms with Gasteiger partial charge in [-0.15, -0.1) is 5.10 Å². The van der Waals surface area contributed by atoms with E-state index >= 15 is 0 Å². The number of hydrogen-bond acceptors (Lipinski definition) is 8. The molecule has 9 nitrogen and oxygen atoms in total. The summed E-state index contributed by atoms with van der Waals surface area (Å²) >= 11 is 0. The molecule has 0 radical (unpaired) electrons. The van der Waals surface area contributed by atoms with Gasteiger partial charge in [-0.05, 0) is 18.6 Å². The van der Waals surface area contributed by atoms with Crippen LogP contribution in [0.2, 0.25) is 0 Å². The molecule has 2 fully saturated rings. The zero-order valence-electron chi connectivity index (χ0n) is 16.2. The van der Waals surface area contributed by atoms with Gasteiger partial charge in [-0.3, -0.25) is 0 Å². The Labute approximate surface area is 171 Å². The summed E-state index contributed by atoms with van der Waals surface area (Å²) in [7, 11) is 1.64. The van der Waals surface area contributed by atoms with Crippen molar-refractivity contribution >= 4 is 0 Å². The molecule has 5 rings (SSSR count). The number of piperidine rings is 1. The van der Waals surface area contributed by atoms with E-state index in [1.165, 1.54) is 6.20 Å². The molecule has 0 spiro atoms. The van der Waals surface area contributed by atoms with Crippen molar-refractivity contribution in [2.24, 2.45) is 0 Å². The molecular formula is C20H21FN6O3. The van der Waals surface area contributed by atoms with Crippen molar-refractivity contribution in [3.63, 3.8) is 0 Å². The maximum Gasteiger partial charge on any atom is 0.336 e. The van der Waals surface area contributed by atoms with Crippen molar-refractivity contribution in [1.29, 1.82) is 0 Å². The molecule has 2 saturated heterocycles. The van der Waals surface area contributed by atoms with Crippen molar-refractivity contribution in [2.75, 3.05) is 7.11 Å². The van der Waals surface area contributed by atoms with Crippen LogP contribution in [-0.2, 0) is 4.74 Å². The van der Waals surface area contributed by atoms with Gasteiger partial charge in [-0.2, -0.15) is 0 Å². The summed E-state index contributed by atoms with van der Waals surface area (Å²) in [6.07, 6.45) is 5.77. The summed E-state index contributed by atoms with van der Waals surface area (Å²) in [4.78, 5) is 8.16. The number of rotatable bonds is 5. The molecule has 2 aliphatic heterocycles. The molecular weight excluding hydrogens is 391 g/mol. The standard InChI is InChI=1S/C20H21FN6O3/c1-29-17-8-14-19(21)18(7-13(17)24-14)30-20-23-9-15(25-26-20)12-3-2-11(6-16(12)28)27-5-4-22-10-27/h2-6,9-10,13-14,17-19,24,28H,7-8H2,1H3/t13?,14-,17+,18+,19+/m0/s1. The van der Waals surface area contributed by atoms with Gasteiger partial charge < -0.3 is 24.5 Å². The van der Waals surface area contributed by atoms with E-state index in [9.17, 15) is 9.50 Å². The minimum absolute atomic E-state index is 0.0104. The Morgan fingerprint density at radius 3 is 2.77 bits per heavy atom. The first-order valence-electron chi connectivity index (χ1n) is 9.73. The summed E-state index contributed by atoms with van der Waals surface area (Å²) in [5.41, 5.74) is 1.63. The lowest BCUT2D eigenvalue weighted by atomic mass is 10.0. The summed E-state index contributed by atoms with van der Waals surface area (Å²) < 4.78 is 27.6. The van der Waals surface area contributed by atoms with Crippen LogP contribution in [0.3, 0.4) is 0 Å². The van der Waals surface area contributed by atoms with Gasteiger partial charge in [0.2, 0.25) is 0 Å². The highest BCUT2D eigenvalue weighted by Gasteiger charge is 2.48. The van der Waals surface area contributed by atoms with Gasteiger partial charge in [-0.25, -0.2) is 14.4 Å². The second kappa shape index (κ2) is 7.62. The molecule has 3 aromatic rings. The zero-order chi connectivity index (χ0) is 20.7. The summed E-state index contributed by atoms with van der Waals surface area (Å²) in [5, 5.41) is 21.7. The number of phenolic OH excluding ortho intramolecular Hbond substituents is 1. The number of nitrogens with zero attached hydrogens (tertiary/aromatic N) is 5. The Hall–Kier alpha value is -3.11. The predicted octanol–water partition coefficient (Wildman–Crippen LogP) is 1.66. The molecule has 2 aromatic heterocycles. The number of nitrogens with one attached hydrogen (secondary N) is 1. The highest BCUT2D eigenvalue weighted by Crippen LogP contribution is 2.33. The van der Waals surface area contributed by atoms with Crippen molar-refractivity contribution in [3.05, 3.63) is 43.1 Å². The fourth-order valence-corrected chi connectivity index (χ4v) is 4.21. The zero-order valence-corrected chi connectivity index (χ0v) is 16.2. The van der Waals surface area contributed by atoms with Crippen LogP contribution in [0, 0.1) is 0 Å². The van der Waals surface area contributed by atoms with Crippen LogP contribution >= 0.6 is 0 Å². The van der Waals surface area contributed by atoms with Crippen LogP contribution in [0.1, 0.15) is 12.8 Å². The first-order chi connectivity index (χ1) is 14.6. The van der Waals surface area contributed by atoms with Gasteiger partial charge in [0.1, 0.15) is 17.5 Å². The van der Waals surface area contributed by atoms with Gasteiger partial charge in [0.15, 0.2) is 6.17 Å². The maximum atomic E-state index is 14.7. The van der Waals surface area contributed by atoms with Crippen molar-refractivity contribution in [2.45, 2.75) is 43.3 Å². The summed E-state index contributed by atoms with van der Waals surface area (Å²) in [5.74, 6) is 0.0373. The number of hydrogen-bond donors (Lipinski definition) is 2. The third kappa shape index (κ3) is 3.37. The molecule has 2 aliphatic rings. The first kappa shape index (κ1) is 18.9. The molecule has 2 bridgehead atoms. The molecule has 2 N–H and O–H groups in total. The molecule has 30 heavy (non-hydrogen) atoms. The fourth-order valence-electron chi connectivity index (χ4n) is 4.21. The van der Waals surface area contributed by atoms with E-state index in [2.05, 4.69) is 25.5 Å². The number of alkyl halides is 1. The average Bonchev–Trinajstić information content (AvgIpc) is 3.41. The highest BCUT2D eigenvalue weighted by atomic mass is 19.1. The lowest BCUT2D eigenvalue weighted by molar-refractivity contribution is 0.0289. The Bertz CT molecular complexity index is 1020. The summed E-state index contributed by atoms with van der Waals surface area (Å²) in [6.45, 7) is 0. The smallest absolute Gasteiger partial charge is 0.336 e. The van der Waals surface area contributed by atoms with E-state index in [-0.39, 0.29) is 29.9 Å². The minimum atomic E-state index is -1.18. The van der Waals surface area contributed by atoms with Crippen LogP contribution < -0.4 is 10.1 Å². The van der Waals surface area contributed by atoms with Crippen LogP contribution in [0.15, 0.2) is 43.1 Å². The SMILES string of the molecule is CO[C@@H]1C[C@@H]2NC1C[C@@H](Oc1ncc(-c3ccc(-n4ccnc4)cc3O)nn1)[C@@H]2F. The van der Waals surface area contributed by atoms with E-state index in [1.54, 1.807) is 42.5 Å². The maximum absolute atomic E-state index is 14.7. The highest BCUT2D eigenvalue weighted by molar-refractivity contribution is 5.67. The monoisotopic (exact) mass is 412 g/mol. The lowest BCUT2D eigenvalue weighted by Crippen LogP contribution is -2.52. The third-order valence-electron chi connectivity index (χ3n) is 5.75. The van der Waals surface area contributed by atoms with Gasteiger partial charge in [0.25, 0.3) is 0 Å². The number of halogens is 1. The molecule has 0 amide bonds. The Morgan fingerprint density at radius 1 is 1.20 bits per heavy atom. The fraction of sp³-hybridized carbons (Fsp3) is 0.400. The number of aromatic nitrogens is 5. The van der Waals surface area contributed by atoms with Crippen LogP contribution in [0.5, 0.6) is 11.8 Å². The number of ether oxygens (including phenoxy) is 2. The largest absolute Gasteiger partial charge is 0.507 e. The molecule has 156 valence electrons. The minimum Gasteiger partial charge on any atom is -0.507 e. The Kier molecular flexibility index (Phi) is 4.80. The summed E-state index contributed by atoms with van der Waals surface area (Å²) in [6, 6.07) is 4.92. The molecule has 5 atom stereocenters. The van der Waals surface area contributed by atoms with Crippen LogP contribution in [-0.4, -0.2) is 67.4 Å². The van der Waals surface area contributed by atoms with E-state index in [0.29, 0.717) is 24.1 Å². The predicted molar refractivity (Wildman–Crippen MR) is 104 cm³/mol. The number of aromatic hydroxyl groups is 1. The Balaban J connectivity index is 1.30. The number of phenols is 1. The quantitative estimate of drug-likeness (QED) is 0.652. The lowest BCUT2D eigenvalue weighted by Gasteiger charge is -2.32. The van der Waals surface area contributed by atoms with Gasteiger partial charge in [-0.1, -0.05) is 5.10 Å². The second-order valence-corrected chi connectivity index (χ2v) is 7.52. The van der Waals surface area contributed by atoms with Gasteiger partial charge in [0.05, 0.1) is 24.3 Å². The normalized spacial score (nSPS) is 27.9. The van der Waals surface area contributed by atoms with E-state index in [4.69, 9.17) is 9.47 Å². The molecule has 1 unspecified atom stereocenters. The molecule has 0 aliphatic carbocycles. The van der Waals surface area contributed by atoms with E-state index < -0.39 is 12.3 Å². The number of fused-ring (bicyclic) bond motifs is 2. The van der Waals surface area contributed by atoms with Crippen molar-refractivity contribution in [3.8, 4) is 28.7 Å². The second-order valence-electron chi connectivity index (χ2n) is 7.52. The van der Waals surface area contributed by atoms with Crippen LogP contribution in [0.4, 0.5) is 4.39 Å².